The van der Waals surface area contributed by atoms with Gasteiger partial charge in [-0.25, -0.2) is 4.98 Å². The highest BCUT2D eigenvalue weighted by molar-refractivity contribution is 7.19. The van der Waals surface area contributed by atoms with Crippen molar-refractivity contribution in [3.63, 3.8) is 0 Å². The number of nitrogens with two attached hydrogens (primary N) is 1. The largest absolute Gasteiger partial charge is 0.389 e. The molecule has 0 saturated carbocycles. The van der Waals surface area contributed by atoms with Gasteiger partial charge in [0.25, 0.3) is 5.91 Å². The number of hydrogen-bond acceptors (Lipinski definition) is 4. The van der Waals surface area contributed by atoms with Crippen LogP contribution in [0.15, 0.2) is 24.3 Å². The molecule has 5 heteroatoms. The molecule has 1 heterocycles. The lowest BCUT2D eigenvalue weighted by Crippen LogP contribution is -2.11. The predicted octanol–water partition coefficient (Wildman–Crippen LogP) is 3.41. The van der Waals surface area contributed by atoms with Gasteiger partial charge in [-0.3, -0.25) is 10.1 Å². The smallest absolute Gasteiger partial charge is 0.257 e. The van der Waals surface area contributed by atoms with Crippen molar-refractivity contribution in [2.45, 2.75) is 26.7 Å². The second kappa shape index (κ2) is 5.40. The quantitative estimate of drug-likeness (QED) is 0.902. The van der Waals surface area contributed by atoms with E-state index in [4.69, 9.17) is 5.73 Å². The van der Waals surface area contributed by atoms with Crippen LogP contribution in [0.3, 0.4) is 0 Å². The molecule has 0 spiro atoms. The number of nitrogens with zero attached hydrogens (tertiary/aromatic N) is 1. The Morgan fingerprint density at radius 3 is 2.74 bits per heavy atom. The van der Waals surface area contributed by atoms with Crippen molar-refractivity contribution in [3.8, 4) is 0 Å². The second-order valence-electron chi connectivity index (χ2n) is 4.75. The van der Waals surface area contributed by atoms with Gasteiger partial charge in [0, 0.05) is 5.56 Å². The van der Waals surface area contributed by atoms with E-state index in [0.717, 1.165) is 11.3 Å². The van der Waals surface area contributed by atoms with Crippen LogP contribution in [-0.2, 0) is 0 Å². The molecule has 0 atom stereocenters. The minimum absolute atomic E-state index is 0.159. The zero-order valence-electron chi connectivity index (χ0n) is 11.2. The molecule has 19 heavy (non-hydrogen) atoms. The summed E-state index contributed by atoms with van der Waals surface area (Å²) in [6.07, 6.45) is 0. The van der Waals surface area contributed by atoms with Crippen LogP contribution in [-0.4, -0.2) is 10.9 Å². The molecule has 4 nitrogen and oxygen atoms in total. The summed E-state index contributed by atoms with van der Waals surface area (Å²) in [5.41, 5.74) is 8.40. The van der Waals surface area contributed by atoms with E-state index in [9.17, 15) is 4.79 Å². The van der Waals surface area contributed by atoms with Crippen LogP contribution in [0.2, 0.25) is 0 Å². The molecule has 1 aromatic carbocycles. The van der Waals surface area contributed by atoms with E-state index in [1.807, 2.05) is 39.0 Å². The summed E-state index contributed by atoms with van der Waals surface area (Å²) in [5.74, 6) is 0.0913. The Balaban J connectivity index is 2.17. The summed E-state index contributed by atoms with van der Waals surface area (Å²) < 4.78 is 0. The fraction of sp³-hybridized carbons (Fsp3) is 0.286. The molecular weight excluding hydrogens is 258 g/mol. The number of thiazole rings is 1. The van der Waals surface area contributed by atoms with E-state index >= 15 is 0 Å². The van der Waals surface area contributed by atoms with Gasteiger partial charge in [-0.1, -0.05) is 42.9 Å². The minimum Gasteiger partial charge on any atom is -0.389 e. The number of aromatic nitrogens is 1. The molecular formula is C14H17N3OS. The topological polar surface area (TPSA) is 68.0 Å². The van der Waals surface area contributed by atoms with Crippen LogP contribution in [0.25, 0.3) is 0 Å². The van der Waals surface area contributed by atoms with Gasteiger partial charge in [-0.2, -0.15) is 0 Å². The van der Waals surface area contributed by atoms with Crippen LogP contribution in [0.4, 0.5) is 10.1 Å². The number of anilines is 2. The maximum absolute atomic E-state index is 12.1. The van der Waals surface area contributed by atoms with E-state index < -0.39 is 0 Å². The standard InChI is InChI=1S/C14H17N3OS/c1-8(2)11-12(15)19-14(16-11)17-13(18)10-6-4-5-9(3)7-10/h4-8H,15H2,1-3H3,(H,16,17,18). The third-order valence-corrected chi connectivity index (χ3v) is 3.54. The highest BCUT2D eigenvalue weighted by Crippen LogP contribution is 2.30. The number of carbonyl (C=O) groups excluding carboxylic acids is 1. The van der Waals surface area contributed by atoms with Gasteiger partial charge in [0.15, 0.2) is 5.13 Å². The SMILES string of the molecule is Cc1cccc(C(=O)Nc2nc(C(C)C)c(N)s2)c1. The number of aryl methyl sites for hydroxylation is 1. The maximum Gasteiger partial charge on any atom is 0.257 e. The number of amides is 1. The number of hydrogen-bond donors (Lipinski definition) is 2. The average Bonchev–Trinajstić information content (AvgIpc) is 2.70. The summed E-state index contributed by atoms with van der Waals surface area (Å²) in [7, 11) is 0. The van der Waals surface area contributed by atoms with Gasteiger partial charge in [0.05, 0.1) is 5.69 Å². The predicted molar refractivity (Wildman–Crippen MR) is 79.7 cm³/mol. The van der Waals surface area contributed by atoms with Crippen LogP contribution in [0.5, 0.6) is 0 Å². The fourth-order valence-corrected chi connectivity index (χ4v) is 2.65. The van der Waals surface area contributed by atoms with E-state index in [-0.39, 0.29) is 11.8 Å². The Morgan fingerprint density at radius 1 is 1.42 bits per heavy atom. The van der Waals surface area contributed by atoms with Crippen molar-refractivity contribution in [2.24, 2.45) is 0 Å². The van der Waals surface area contributed by atoms with Crippen LogP contribution in [0.1, 0.15) is 41.4 Å². The third kappa shape index (κ3) is 3.12. The Labute approximate surface area is 116 Å². The summed E-state index contributed by atoms with van der Waals surface area (Å²) >= 11 is 1.30. The minimum atomic E-state index is -0.159. The van der Waals surface area contributed by atoms with Crippen molar-refractivity contribution < 1.29 is 4.79 Å². The van der Waals surface area contributed by atoms with Crippen molar-refractivity contribution in [2.75, 3.05) is 11.1 Å². The summed E-state index contributed by atoms with van der Waals surface area (Å²) in [4.78, 5) is 16.4. The molecule has 0 bridgehead atoms. The molecule has 3 N–H and O–H groups in total. The Bertz CT molecular complexity index is 604. The maximum atomic E-state index is 12.1. The van der Waals surface area contributed by atoms with Crippen molar-refractivity contribution in [1.82, 2.24) is 4.98 Å². The van der Waals surface area contributed by atoms with Crippen LogP contribution in [0, 0.1) is 6.92 Å². The first kappa shape index (κ1) is 13.5. The van der Waals surface area contributed by atoms with E-state index in [1.54, 1.807) is 6.07 Å². The Hall–Kier alpha value is -1.88. The third-order valence-electron chi connectivity index (χ3n) is 2.73. The normalized spacial score (nSPS) is 10.7. The number of rotatable bonds is 3. The van der Waals surface area contributed by atoms with E-state index in [1.165, 1.54) is 11.3 Å². The molecule has 0 aliphatic carbocycles. The highest BCUT2D eigenvalue weighted by Gasteiger charge is 2.14. The molecule has 100 valence electrons. The number of nitrogen functional groups attached to an aromatic ring is 1. The molecule has 2 aromatic rings. The second-order valence-corrected chi connectivity index (χ2v) is 5.78. The summed E-state index contributed by atoms with van der Waals surface area (Å²) in [6.45, 7) is 6.00. The lowest BCUT2D eigenvalue weighted by atomic mass is 10.1. The van der Waals surface area contributed by atoms with Crippen LogP contribution < -0.4 is 11.1 Å². The van der Waals surface area contributed by atoms with E-state index in [0.29, 0.717) is 15.7 Å². The molecule has 1 amide bonds. The first-order chi connectivity index (χ1) is 8.97. The van der Waals surface area contributed by atoms with Gasteiger partial charge < -0.3 is 5.73 Å². The van der Waals surface area contributed by atoms with Crippen molar-refractivity contribution >= 4 is 27.4 Å². The lowest BCUT2D eigenvalue weighted by molar-refractivity contribution is 0.102. The Morgan fingerprint density at radius 2 is 2.16 bits per heavy atom. The first-order valence-electron chi connectivity index (χ1n) is 6.11. The Kier molecular flexibility index (Phi) is 3.85. The van der Waals surface area contributed by atoms with Gasteiger partial charge in [-0.15, -0.1) is 0 Å². The van der Waals surface area contributed by atoms with Crippen LogP contribution >= 0.6 is 11.3 Å². The number of carbonyl (C=O) groups is 1. The highest BCUT2D eigenvalue weighted by atomic mass is 32.1. The van der Waals surface area contributed by atoms with Gasteiger partial charge in [-0.05, 0) is 25.0 Å². The van der Waals surface area contributed by atoms with Gasteiger partial charge in [0.2, 0.25) is 0 Å². The van der Waals surface area contributed by atoms with E-state index in [2.05, 4.69) is 10.3 Å². The average molecular weight is 275 g/mol. The zero-order chi connectivity index (χ0) is 14.0. The first-order valence-corrected chi connectivity index (χ1v) is 6.93. The summed E-state index contributed by atoms with van der Waals surface area (Å²) in [6, 6.07) is 7.44. The van der Waals surface area contributed by atoms with Gasteiger partial charge >= 0.3 is 0 Å². The summed E-state index contributed by atoms with van der Waals surface area (Å²) in [5, 5.41) is 4.00. The lowest BCUT2D eigenvalue weighted by Gasteiger charge is -2.02. The molecule has 2 rings (SSSR count). The number of nitrogens with one attached hydrogen (secondary N) is 1. The van der Waals surface area contributed by atoms with Crippen molar-refractivity contribution in [1.29, 1.82) is 0 Å². The molecule has 0 aliphatic heterocycles. The number of benzene rings is 1. The molecule has 1 aromatic heterocycles. The zero-order valence-corrected chi connectivity index (χ0v) is 12.0. The van der Waals surface area contributed by atoms with Gasteiger partial charge in [0.1, 0.15) is 5.00 Å². The monoisotopic (exact) mass is 275 g/mol. The molecule has 0 fully saturated rings. The molecule has 0 unspecified atom stereocenters. The van der Waals surface area contributed by atoms with Crippen molar-refractivity contribution in [3.05, 3.63) is 41.1 Å². The molecule has 0 saturated heterocycles. The molecule has 0 aliphatic rings. The molecule has 0 radical (unpaired) electrons. The fourth-order valence-electron chi connectivity index (χ4n) is 1.77.